The fourth-order valence-electron chi connectivity index (χ4n) is 3.10. The molecule has 0 saturated heterocycles. The van der Waals surface area contributed by atoms with Crippen LogP contribution in [0.1, 0.15) is 57.4 Å². The fourth-order valence-corrected chi connectivity index (χ4v) is 3.22. The molecule has 1 unspecified atom stereocenters. The van der Waals surface area contributed by atoms with Gasteiger partial charge in [0.05, 0.1) is 0 Å². The number of halogens is 1. The third-order valence-electron chi connectivity index (χ3n) is 4.21. The van der Waals surface area contributed by atoms with Gasteiger partial charge in [0, 0.05) is 17.6 Å². The van der Waals surface area contributed by atoms with Gasteiger partial charge in [-0.3, -0.25) is 0 Å². The average Bonchev–Trinajstić information content (AvgIpc) is 2.88. The van der Waals surface area contributed by atoms with Crippen molar-refractivity contribution in [1.82, 2.24) is 5.32 Å². The van der Waals surface area contributed by atoms with Crippen LogP contribution in [0.5, 0.6) is 0 Å². The largest absolute Gasteiger partial charge is 0.314 e. The van der Waals surface area contributed by atoms with Crippen LogP contribution >= 0.6 is 11.6 Å². The molecule has 2 rings (SSSR count). The minimum Gasteiger partial charge on any atom is -0.314 e. The zero-order valence-electron chi connectivity index (χ0n) is 12.2. The molecule has 0 radical (unpaired) electrons. The van der Waals surface area contributed by atoms with Crippen molar-refractivity contribution in [2.75, 3.05) is 6.54 Å². The highest BCUT2D eigenvalue weighted by molar-refractivity contribution is 6.30. The Balaban J connectivity index is 2.01. The van der Waals surface area contributed by atoms with Crippen LogP contribution in [-0.2, 0) is 0 Å². The fraction of sp³-hybridized carbons (Fsp3) is 0.647. The highest BCUT2D eigenvalue weighted by Gasteiger charge is 2.21. The highest BCUT2D eigenvalue weighted by Crippen LogP contribution is 2.34. The van der Waals surface area contributed by atoms with Crippen molar-refractivity contribution in [3.05, 3.63) is 34.9 Å². The molecule has 106 valence electrons. The SMILES string of the molecule is CC(C)NCC(CC1CCCC1)c1ccc(Cl)cc1. The molecule has 19 heavy (non-hydrogen) atoms. The Morgan fingerprint density at radius 2 is 1.79 bits per heavy atom. The standard InChI is InChI=1S/C17H26ClN/c1-13(2)19-12-16(11-14-5-3-4-6-14)15-7-9-17(18)10-8-15/h7-10,13-14,16,19H,3-6,11-12H2,1-2H3. The van der Waals surface area contributed by atoms with Crippen molar-refractivity contribution in [1.29, 1.82) is 0 Å². The van der Waals surface area contributed by atoms with E-state index >= 15 is 0 Å². The van der Waals surface area contributed by atoms with Crippen LogP contribution in [0.2, 0.25) is 5.02 Å². The number of hydrogen-bond donors (Lipinski definition) is 1. The second-order valence-electron chi connectivity index (χ2n) is 6.20. The predicted molar refractivity (Wildman–Crippen MR) is 83.9 cm³/mol. The molecule has 1 atom stereocenters. The summed E-state index contributed by atoms with van der Waals surface area (Å²) in [6.07, 6.45) is 7.02. The lowest BCUT2D eigenvalue weighted by molar-refractivity contribution is 0.416. The Kier molecular flexibility index (Phi) is 5.72. The first-order valence-corrected chi connectivity index (χ1v) is 8.02. The van der Waals surface area contributed by atoms with E-state index in [4.69, 9.17) is 11.6 Å². The molecule has 2 heteroatoms. The summed E-state index contributed by atoms with van der Waals surface area (Å²) >= 11 is 6.00. The van der Waals surface area contributed by atoms with Crippen molar-refractivity contribution in [2.45, 2.75) is 57.9 Å². The molecule has 1 N–H and O–H groups in total. The lowest BCUT2D eigenvalue weighted by Gasteiger charge is -2.23. The number of benzene rings is 1. The Morgan fingerprint density at radius 3 is 2.37 bits per heavy atom. The first-order chi connectivity index (χ1) is 9.15. The van der Waals surface area contributed by atoms with Crippen LogP contribution in [0.4, 0.5) is 0 Å². The maximum atomic E-state index is 6.00. The van der Waals surface area contributed by atoms with Gasteiger partial charge in [-0.05, 0) is 36.0 Å². The molecule has 1 aromatic carbocycles. The number of nitrogens with one attached hydrogen (secondary N) is 1. The second kappa shape index (κ2) is 7.31. The smallest absolute Gasteiger partial charge is 0.0406 e. The van der Waals surface area contributed by atoms with Crippen molar-refractivity contribution in [2.24, 2.45) is 5.92 Å². The number of rotatable bonds is 6. The van der Waals surface area contributed by atoms with E-state index in [0.29, 0.717) is 12.0 Å². The lowest BCUT2D eigenvalue weighted by atomic mass is 9.87. The van der Waals surface area contributed by atoms with E-state index in [0.717, 1.165) is 17.5 Å². The summed E-state index contributed by atoms with van der Waals surface area (Å²) in [5.74, 6) is 1.55. The summed E-state index contributed by atoms with van der Waals surface area (Å²) in [7, 11) is 0. The number of hydrogen-bond acceptors (Lipinski definition) is 1. The van der Waals surface area contributed by atoms with Crippen LogP contribution < -0.4 is 5.32 Å². The van der Waals surface area contributed by atoms with Gasteiger partial charge in [-0.1, -0.05) is 63.3 Å². The highest BCUT2D eigenvalue weighted by atomic mass is 35.5. The topological polar surface area (TPSA) is 12.0 Å². The first kappa shape index (κ1) is 14.9. The Hall–Kier alpha value is -0.530. The maximum Gasteiger partial charge on any atom is 0.0406 e. The Morgan fingerprint density at radius 1 is 1.16 bits per heavy atom. The van der Waals surface area contributed by atoms with Gasteiger partial charge in [-0.2, -0.15) is 0 Å². The van der Waals surface area contributed by atoms with E-state index in [1.807, 2.05) is 12.1 Å². The molecule has 0 aliphatic heterocycles. The molecule has 1 aromatic rings. The second-order valence-corrected chi connectivity index (χ2v) is 6.63. The summed E-state index contributed by atoms with van der Waals surface area (Å²) in [6, 6.07) is 8.99. The van der Waals surface area contributed by atoms with Gasteiger partial charge in [0.1, 0.15) is 0 Å². The Bertz CT molecular complexity index is 365. The lowest BCUT2D eigenvalue weighted by Crippen LogP contribution is -2.28. The maximum absolute atomic E-state index is 6.00. The van der Waals surface area contributed by atoms with E-state index < -0.39 is 0 Å². The molecular weight excluding hydrogens is 254 g/mol. The molecule has 1 aliphatic carbocycles. The van der Waals surface area contributed by atoms with Gasteiger partial charge in [0.2, 0.25) is 0 Å². The van der Waals surface area contributed by atoms with Gasteiger partial charge in [-0.15, -0.1) is 0 Å². The summed E-state index contributed by atoms with van der Waals surface area (Å²) in [5.41, 5.74) is 1.43. The van der Waals surface area contributed by atoms with Gasteiger partial charge in [0.25, 0.3) is 0 Å². The van der Waals surface area contributed by atoms with E-state index in [2.05, 4.69) is 31.3 Å². The molecular formula is C17H26ClN. The molecule has 1 fully saturated rings. The first-order valence-electron chi connectivity index (χ1n) is 7.64. The van der Waals surface area contributed by atoms with E-state index in [1.165, 1.54) is 37.7 Å². The Labute approximate surface area is 122 Å². The summed E-state index contributed by atoms with van der Waals surface area (Å²) < 4.78 is 0. The third kappa shape index (κ3) is 4.81. The van der Waals surface area contributed by atoms with Crippen LogP contribution in [0.25, 0.3) is 0 Å². The molecule has 0 spiro atoms. The summed E-state index contributed by atoms with van der Waals surface area (Å²) in [4.78, 5) is 0. The molecule has 1 aliphatic rings. The van der Waals surface area contributed by atoms with Crippen molar-refractivity contribution in [3.63, 3.8) is 0 Å². The van der Waals surface area contributed by atoms with Crippen molar-refractivity contribution < 1.29 is 0 Å². The van der Waals surface area contributed by atoms with Gasteiger partial charge in [0.15, 0.2) is 0 Å². The molecule has 0 amide bonds. The minimum absolute atomic E-state index is 0.554. The molecule has 0 heterocycles. The normalized spacial score (nSPS) is 18.1. The van der Waals surface area contributed by atoms with Crippen LogP contribution in [0.3, 0.4) is 0 Å². The average molecular weight is 280 g/mol. The zero-order chi connectivity index (χ0) is 13.7. The van der Waals surface area contributed by atoms with Crippen molar-refractivity contribution in [3.8, 4) is 0 Å². The van der Waals surface area contributed by atoms with Gasteiger partial charge in [-0.25, -0.2) is 0 Å². The molecule has 1 saturated carbocycles. The third-order valence-corrected chi connectivity index (χ3v) is 4.46. The van der Waals surface area contributed by atoms with Gasteiger partial charge < -0.3 is 5.32 Å². The molecule has 1 nitrogen and oxygen atoms in total. The molecule has 0 aromatic heterocycles. The van der Waals surface area contributed by atoms with E-state index in [-0.39, 0.29) is 0 Å². The van der Waals surface area contributed by atoms with Crippen LogP contribution in [0, 0.1) is 5.92 Å². The summed E-state index contributed by atoms with van der Waals surface area (Å²) in [6.45, 7) is 5.51. The summed E-state index contributed by atoms with van der Waals surface area (Å²) in [5, 5.41) is 4.43. The monoisotopic (exact) mass is 279 g/mol. The van der Waals surface area contributed by atoms with Crippen LogP contribution in [-0.4, -0.2) is 12.6 Å². The minimum atomic E-state index is 0.554. The zero-order valence-corrected chi connectivity index (χ0v) is 12.9. The van der Waals surface area contributed by atoms with Crippen LogP contribution in [0.15, 0.2) is 24.3 Å². The van der Waals surface area contributed by atoms with Gasteiger partial charge >= 0.3 is 0 Å². The molecule has 0 bridgehead atoms. The van der Waals surface area contributed by atoms with Crippen molar-refractivity contribution >= 4 is 11.6 Å². The van der Waals surface area contributed by atoms with E-state index in [1.54, 1.807) is 0 Å². The predicted octanol–water partition coefficient (Wildman–Crippen LogP) is 5.00. The van der Waals surface area contributed by atoms with E-state index in [9.17, 15) is 0 Å². The quantitative estimate of drug-likeness (QED) is 0.772.